The van der Waals surface area contributed by atoms with Gasteiger partial charge >= 0.3 is 0 Å². The van der Waals surface area contributed by atoms with Gasteiger partial charge in [0.15, 0.2) is 0 Å². The molecule has 0 fully saturated rings. The number of aromatic nitrogens is 1. The van der Waals surface area contributed by atoms with E-state index in [0.717, 1.165) is 27.7 Å². The van der Waals surface area contributed by atoms with Gasteiger partial charge in [0, 0.05) is 46.9 Å². The largest absolute Gasteiger partial charge is 0.361 e. The van der Waals surface area contributed by atoms with Crippen LogP contribution in [0.4, 0.5) is 5.69 Å². The molecule has 2 heterocycles. The molecule has 1 aliphatic heterocycles. The molecule has 2 amide bonds. The molecule has 166 valence electrons. The van der Waals surface area contributed by atoms with Crippen molar-refractivity contribution in [1.29, 1.82) is 0 Å². The molecule has 5 rings (SSSR count). The molecular formula is C28H27N3O2. The Morgan fingerprint density at radius 3 is 2.48 bits per heavy atom. The lowest BCUT2D eigenvalue weighted by Gasteiger charge is -2.25. The lowest BCUT2D eigenvalue weighted by Crippen LogP contribution is -2.32. The number of benzene rings is 3. The number of rotatable bonds is 6. The van der Waals surface area contributed by atoms with Gasteiger partial charge in [-0.3, -0.25) is 9.59 Å². The van der Waals surface area contributed by atoms with E-state index in [1.54, 1.807) is 0 Å². The zero-order valence-corrected chi connectivity index (χ0v) is 18.8. The number of anilines is 1. The van der Waals surface area contributed by atoms with E-state index < -0.39 is 0 Å². The SMILES string of the molecule is CC(C)c1ccc(NC(=O)CCN2C(=O)c3ccccc3C2c2c[nH]c3ccccc23)cc1. The van der Waals surface area contributed by atoms with Crippen molar-refractivity contribution >= 4 is 28.4 Å². The van der Waals surface area contributed by atoms with Gasteiger partial charge in [-0.1, -0.05) is 62.4 Å². The Bertz CT molecular complexity index is 1320. The van der Waals surface area contributed by atoms with Gasteiger partial charge < -0.3 is 15.2 Å². The highest BCUT2D eigenvalue weighted by molar-refractivity contribution is 6.01. The smallest absolute Gasteiger partial charge is 0.255 e. The minimum absolute atomic E-state index is 0.0324. The number of carbonyl (C=O) groups excluding carboxylic acids is 2. The topological polar surface area (TPSA) is 65.2 Å². The van der Waals surface area contributed by atoms with Crippen LogP contribution in [0.25, 0.3) is 10.9 Å². The molecule has 0 saturated carbocycles. The molecule has 4 aromatic rings. The molecule has 5 nitrogen and oxygen atoms in total. The van der Waals surface area contributed by atoms with E-state index in [4.69, 9.17) is 0 Å². The van der Waals surface area contributed by atoms with Crippen molar-refractivity contribution < 1.29 is 9.59 Å². The van der Waals surface area contributed by atoms with Crippen LogP contribution in [-0.4, -0.2) is 28.2 Å². The Hall–Kier alpha value is -3.86. The van der Waals surface area contributed by atoms with Crippen molar-refractivity contribution in [3.8, 4) is 0 Å². The van der Waals surface area contributed by atoms with Crippen molar-refractivity contribution in [3.05, 3.63) is 101 Å². The van der Waals surface area contributed by atoms with Crippen LogP contribution >= 0.6 is 0 Å². The van der Waals surface area contributed by atoms with Gasteiger partial charge in [0.2, 0.25) is 5.91 Å². The average molecular weight is 438 g/mol. The number of hydrogen-bond donors (Lipinski definition) is 2. The van der Waals surface area contributed by atoms with Crippen LogP contribution in [0.1, 0.15) is 59.3 Å². The van der Waals surface area contributed by atoms with Crippen molar-refractivity contribution in [3.63, 3.8) is 0 Å². The van der Waals surface area contributed by atoms with E-state index >= 15 is 0 Å². The maximum absolute atomic E-state index is 13.3. The van der Waals surface area contributed by atoms with Crippen molar-refractivity contribution in [2.75, 3.05) is 11.9 Å². The number of H-pyrrole nitrogens is 1. The highest BCUT2D eigenvalue weighted by Crippen LogP contribution is 2.41. The van der Waals surface area contributed by atoms with E-state index in [1.165, 1.54) is 5.56 Å². The number of amides is 2. The van der Waals surface area contributed by atoms with Gasteiger partial charge in [0.25, 0.3) is 5.91 Å². The summed E-state index contributed by atoms with van der Waals surface area (Å²) in [6.07, 6.45) is 2.21. The first-order chi connectivity index (χ1) is 16.0. The summed E-state index contributed by atoms with van der Waals surface area (Å²) in [4.78, 5) is 31.2. The zero-order chi connectivity index (χ0) is 22.9. The first kappa shape index (κ1) is 21.0. The highest BCUT2D eigenvalue weighted by atomic mass is 16.2. The third-order valence-corrected chi connectivity index (χ3v) is 6.42. The molecule has 1 atom stereocenters. The number of aromatic amines is 1. The van der Waals surface area contributed by atoms with Crippen molar-refractivity contribution in [2.24, 2.45) is 0 Å². The van der Waals surface area contributed by atoms with Crippen molar-refractivity contribution in [2.45, 2.75) is 32.2 Å². The molecule has 1 aliphatic rings. The molecule has 2 N–H and O–H groups in total. The van der Waals surface area contributed by atoms with Gasteiger partial charge in [-0.25, -0.2) is 0 Å². The number of para-hydroxylation sites is 1. The second-order valence-electron chi connectivity index (χ2n) is 8.85. The molecule has 0 radical (unpaired) electrons. The normalized spacial score (nSPS) is 15.3. The maximum atomic E-state index is 13.3. The Morgan fingerprint density at radius 2 is 1.70 bits per heavy atom. The molecule has 1 unspecified atom stereocenters. The summed E-state index contributed by atoms with van der Waals surface area (Å²) in [5, 5.41) is 4.05. The van der Waals surface area contributed by atoms with Gasteiger partial charge in [-0.15, -0.1) is 0 Å². The van der Waals surface area contributed by atoms with E-state index in [0.29, 0.717) is 18.0 Å². The number of carbonyl (C=O) groups is 2. The Labute approximate surface area is 193 Å². The molecule has 0 spiro atoms. The minimum atomic E-state index is -0.219. The standard InChI is InChI=1S/C28H27N3O2/c1-18(2)19-11-13-20(14-12-19)30-26(32)15-16-31-27(22-8-3-4-9-23(22)28(31)33)24-17-29-25-10-6-5-7-21(24)25/h3-14,17-18,27,29H,15-16H2,1-2H3,(H,30,32). The lowest BCUT2D eigenvalue weighted by molar-refractivity contribution is -0.116. The minimum Gasteiger partial charge on any atom is -0.361 e. The number of hydrogen-bond acceptors (Lipinski definition) is 2. The summed E-state index contributed by atoms with van der Waals surface area (Å²) in [7, 11) is 0. The second kappa shape index (κ2) is 8.58. The quantitative estimate of drug-likeness (QED) is 0.396. The van der Waals surface area contributed by atoms with Crippen LogP contribution < -0.4 is 5.32 Å². The van der Waals surface area contributed by atoms with Crippen LogP contribution in [0.15, 0.2) is 79.0 Å². The molecule has 0 saturated heterocycles. The summed E-state index contributed by atoms with van der Waals surface area (Å²) in [6.45, 7) is 4.62. The fraction of sp³-hybridized carbons (Fsp3) is 0.214. The van der Waals surface area contributed by atoms with E-state index in [2.05, 4.69) is 30.2 Å². The van der Waals surface area contributed by atoms with Gasteiger partial charge in [0.05, 0.1) is 6.04 Å². The first-order valence-electron chi connectivity index (χ1n) is 11.4. The fourth-order valence-electron chi connectivity index (χ4n) is 4.65. The fourth-order valence-corrected chi connectivity index (χ4v) is 4.65. The number of nitrogens with zero attached hydrogens (tertiary/aromatic N) is 1. The third-order valence-electron chi connectivity index (χ3n) is 6.42. The van der Waals surface area contributed by atoms with E-state index in [9.17, 15) is 9.59 Å². The number of fused-ring (bicyclic) bond motifs is 2. The molecule has 1 aromatic heterocycles. The van der Waals surface area contributed by atoms with Gasteiger partial charge in [0.1, 0.15) is 0 Å². The van der Waals surface area contributed by atoms with Crippen LogP contribution in [0.2, 0.25) is 0 Å². The Morgan fingerprint density at radius 1 is 0.970 bits per heavy atom. The molecule has 0 aliphatic carbocycles. The monoisotopic (exact) mass is 437 g/mol. The summed E-state index contributed by atoms with van der Waals surface area (Å²) >= 11 is 0. The third kappa shape index (κ3) is 3.91. The van der Waals surface area contributed by atoms with Crippen molar-refractivity contribution in [1.82, 2.24) is 9.88 Å². The predicted octanol–water partition coefficient (Wildman–Crippen LogP) is 5.87. The summed E-state index contributed by atoms with van der Waals surface area (Å²) in [5.41, 5.74) is 5.78. The van der Waals surface area contributed by atoms with Crippen LogP contribution in [0.5, 0.6) is 0 Å². The lowest BCUT2D eigenvalue weighted by atomic mass is 9.97. The summed E-state index contributed by atoms with van der Waals surface area (Å²) < 4.78 is 0. The van der Waals surface area contributed by atoms with E-state index in [-0.39, 0.29) is 24.3 Å². The first-order valence-corrected chi connectivity index (χ1v) is 11.4. The maximum Gasteiger partial charge on any atom is 0.255 e. The second-order valence-corrected chi connectivity index (χ2v) is 8.85. The number of nitrogens with one attached hydrogen (secondary N) is 2. The highest BCUT2D eigenvalue weighted by Gasteiger charge is 2.38. The summed E-state index contributed by atoms with van der Waals surface area (Å²) in [5.74, 6) is 0.308. The van der Waals surface area contributed by atoms with Crippen LogP contribution in [0.3, 0.4) is 0 Å². The predicted molar refractivity (Wildman–Crippen MR) is 131 cm³/mol. The van der Waals surface area contributed by atoms with Crippen LogP contribution in [0, 0.1) is 0 Å². The summed E-state index contributed by atoms with van der Waals surface area (Å²) in [6, 6.07) is 23.5. The molecule has 3 aromatic carbocycles. The molecule has 5 heteroatoms. The molecule has 33 heavy (non-hydrogen) atoms. The zero-order valence-electron chi connectivity index (χ0n) is 18.8. The van der Waals surface area contributed by atoms with Gasteiger partial charge in [-0.05, 0) is 41.3 Å². The average Bonchev–Trinajstić information content (AvgIpc) is 3.37. The molecule has 0 bridgehead atoms. The van der Waals surface area contributed by atoms with Gasteiger partial charge in [-0.2, -0.15) is 0 Å². The van der Waals surface area contributed by atoms with E-state index in [1.807, 2.05) is 77.8 Å². The Kier molecular flexibility index (Phi) is 5.47. The Balaban J connectivity index is 1.37. The molecular weight excluding hydrogens is 410 g/mol. The van der Waals surface area contributed by atoms with Crippen LogP contribution in [-0.2, 0) is 4.79 Å².